The quantitative estimate of drug-likeness (QED) is 0.349. The fraction of sp³-hybridized carbons (Fsp3) is 0.273. The number of aliphatic carboxylic acids is 1. The van der Waals surface area contributed by atoms with Crippen molar-refractivity contribution < 1.29 is 29.0 Å². The van der Waals surface area contributed by atoms with Crippen LogP contribution in [0.4, 0.5) is 5.69 Å². The van der Waals surface area contributed by atoms with Crippen LogP contribution in [0.1, 0.15) is 35.0 Å². The van der Waals surface area contributed by atoms with Crippen molar-refractivity contribution in [2.24, 2.45) is 16.9 Å². The number of allylic oxidation sites excluding steroid dienone is 2. The number of ether oxygens (including phenoxy) is 2. The number of hydrogen-bond donors (Lipinski definition) is 3. The molecule has 1 aliphatic heterocycles. The molecular weight excluding hydrogens is 434 g/mol. The van der Waals surface area contributed by atoms with E-state index in [9.17, 15) is 19.5 Å². The van der Waals surface area contributed by atoms with Crippen LogP contribution >= 0.6 is 11.3 Å². The summed E-state index contributed by atoms with van der Waals surface area (Å²) in [5.41, 5.74) is 3.85. The summed E-state index contributed by atoms with van der Waals surface area (Å²) in [5.74, 6) is -2.31. The number of benzene rings is 1. The third-order valence-corrected chi connectivity index (χ3v) is 6.19. The summed E-state index contributed by atoms with van der Waals surface area (Å²) in [6, 6.07) is 6.74. The largest absolute Gasteiger partial charge is 0.481 e. The van der Waals surface area contributed by atoms with Gasteiger partial charge in [-0.05, 0) is 37.3 Å². The fourth-order valence-electron chi connectivity index (χ4n) is 3.60. The van der Waals surface area contributed by atoms with E-state index in [0.717, 1.165) is 0 Å². The van der Waals surface area contributed by atoms with Crippen molar-refractivity contribution >= 4 is 40.5 Å². The monoisotopic (exact) mass is 455 g/mol. The first-order valence-corrected chi connectivity index (χ1v) is 10.8. The highest BCUT2D eigenvalue weighted by atomic mass is 32.1. The maximum atomic E-state index is 13.0. The molecule has 4 rings (SSSR count). The Morgan fingerprint density at radius 3 is 2.53 bits per heavy atom. The van der Waals surface area contributed by atoms with E-state index in [1.165, 1.54) is 11.3 Å². The van der Waals surface area contributed by atoms with Crippen LogP contribution in [0, 0.1) is 11.8 Å². The number of fused-ring (bicyclic) bond motifs is 1. The van der Waals surface area contributed by atoms with Gasteiger partial charge >= 0.3 is 5.97 Å². The number of carbonyl (C=O) groups excluding carboxylic acids is 2. The number of hydrazone groups is 1. The van der Waals surface area contributed by atoms with Gasteiger partial charge in [0.25, 0.3) is 5.91 Å². The van der Waals surface area contributed by atoms with Gasteiger partial charge in [0, 0.05) is 11.6 Å². The molecule has 166 valence electrons. The molecule has 0 spiro atoms. The van der Waals surface area contributed by atoms with Gasteiger partial charge in [0.15, 0.2) is 11.5 Å². The van der Waals surface area contributed by atoms with Gasteiger partial charge in [-0.1, -0.05) is 18.2 Å². The first-order chi connectivity index (χ1) is 15.4. The van der Waals surface area contributed by atoms with Crippen molar-refractivity contribution in [1.82, 2.24) is 5.43 Å². The van der Waals surface area contributed by atoms with E-state index in [1.54, 1.807) is 42.6 Å². The Hall–Kier alpha value is -3.66. The van der Waals surface area contributed by atoms with Crippen molar-refractivity contribution in [2.75, 3.05) is 12.1 Å². The molecule has 32 heavy (non-hydrogen) atoms. The Morgan fingerprint density at radius 1 is 1.12 bits per heavy atom. The Morgan fingerprint density at radius 2 is 1.84 bits per heavy atom. The number of thiophene rings is 1. The van der Waals surface area contributed by atoms with Crippen LogP contribution in [0.15, 0.2) is 46.9 Å². The smallest absolute Gasteiger partial charge is 0.307 e. The Balaban J connectivity index is 1.59. The molecule has 10 heteroatoms. The molecule has 1 aliphatic carbocycles. The first-order valence-electron chi connectivity index (χ1n) is 9.95. The molecule has 0 radical (unpaired) electrons. The summed E-state index contributed by atoms with van der Waals surface area (Å²) in [7, 11) is 0. The van der Waals surface area contributed by atoms with Crippen LogP contribution in [0.3, 0.4) is 0 Å². The van der Waals surface area contributed by atoms with E-state index in [-0.39, 0.29) is 12.7 Å². The van der Waals surface area contributed by atoms with Crippen molar-refractivity contribution in [2.45, 2.75) is 19.8 Å². The molecule has 0 bridgehead atoms. The molecule has 2 heterocycles. The van der Waals surface area contributed by atoms with Crippen molar-refractivity contribution in [3.05, 3.63) is 52.2 Å². The standard InChI is InChI=1S/C22H21N3O6S/c1-12(24-25-21(27)19-7-4-8-32-19)15-9-17-18(31-11-30-17)10-16(15)23-20(26)13-5-2-3-6-14(13)22(28)29/h2-4,7-10,13-14H,5-6,11H2,1H3,(H,23,26)(H,25,27)(H,28,29)/b24-12+. The average molecular weight is 455 g/mol. The van der Waals surface area contributed by atoms with Crippen LogP contribution in [-0.4, -0.2) is 35.4 Å². The second kappa shape index (κ2) is 9.23. The maximum absolute atomic E-state index is 13.0. The SMILES string of the molecule is C/C(=N\NC(=O)c1cccs1)c1cc2c(cc1NC(=O)C1CC=CCC1C(=O)O)OCO2. The predicted molar refractivity (Wildman–Crippen MR) is 118 cm³/mol. The van der Waals surface area contributed by atoms with Gasteiger partial charge in [0.05, 0.1) is 28.1 Å². The fourth-order valence-corrected chi connectivity index (χ4v) is 4.22. The van der Waals surface area contributed by atoms with Gasteiger partial charge in [0.1, 0.15) is 0 Å². The minimum Gasteiger partial charge on any atom is -0.481 e. The molecule has 2 aromatic rings. The summed E-state index contributed by atoms with van der Waals surface area (Å²) in [6.07, 6.45) is 4.24. The number of hydrogen-bond acceptors (Lipinski definition) is 7. The molecule has 9 nitrogen and oxygen atoms in total. The molecular formula is C22H21N3O6S. The molecule has 1 aromatic heterocycles. The van der Waals surface area contributed by atoms with Crippen LogP contribution in [0.25, 0.3) is 0 Å². The minimum absolute atomic E-state index is 0.0476. The minimum atomic E-state index is -1.01. The summed E-state index contributed by atoms with van der Waals surface area (Å²) in [6.45, 7) is 1.73. The maximum Gasteiger partial charge on any atom is 0.307 e. The number of amides is 2. The lowest BCUT2D eigenvalue weighted by atomic mass is 9.82. The lowest BCUT2D eigenvalue weighted by Gasteiger charge is -2.24. The molecule has 0 fully saturated rings. The van der Waals surface area contributed by atoms with Gasteiger partial charge < -0.3 is 19.9 Å². The van der Waals surface area contributed by atoms with E-state index in [4.69, 9.17) is 9.47 Å². The molecule has 3 N–H and O–H groups in total. The molecule has 2 unspecified atom stereocenters. The van der Waals surface area contributed by atoms with Gasteiger partial charge in [0.2, 0.25) is 12.7 Å². The summed E-state index contributed by atoms with van der Waals surface area (Å²) >= 11 is 1.30. The third kappa shape index (κ3) is 4.50. The first kappa shape index (κ1) is 21.6. The number of nitrogens with zero attached hydrogens (tertiary/aromatic N) is 1. The van der Waals surface area contributed by atoms with E-state index < -0.39 is 23.7 Å². The van der Waals surface area contributed by atoms with E-state index >= 15 is 0 Å². The third-order valence-electron chi connectivity index (χ3n) is 5.32. The summed E-state index contributed by atoms with van der Waals surface area (Å²) in [5, 5.41) is 18.3. The van der Waals surface area contributed by atoms with E-state index in [0.29, 0.717) is 46.2 Å². The van der Waals surface area contributed by atoms with Crippen LogP contribution in [0.2, 0.25) is 0 Å². The Bertz CT molecular complexity index is 1110. The van der Waals surface area contributed by atoms with Crippen LogP contribution < -0.4 is 20.2 Å². The summed E-state index contributed by atoms with van der Waals surface area (Å²) < 4.78 is 10.9. The van der Waals surface area contributed by atoms with Gasteiger partial charge in [-0.15, -0.1) is 11.3 Å². The average Bonchev–Trinajstić information content (AvgIpc) is 3.48. The van der Waals surface area contributed by atoms with Crippen molar-refractivity contribution in [3.8, 4) is 11.5 Å². The normalized spacial score (nSPS) is 19.5. The Labute approximate surface area is 187 Å². The van der Waals surface area contributed by atoms with Crippen molar-refractivity contribution in [3.63, 3.8) is 0 Å². The zero-order chi connectivity index (χ0) is 22.7. The highest BCUT2D eigenvalue weighted by Gasteiger charge is 2.34. The lowest BCUT2D eigenvalue weighted by Crippen LogP contribution is -2.35. The van der Waals surface area contributed by atoms with E-state index in [2.05, 4.69) is 15.8 Å². The molecule has 1 aromatic carbocycles. The number of carboxylic acid groups (broad SMARTS) is 1. The molecule has 2 atom stereocenters. The zero-order valence-electron chi connectivity index (χ0n) is 17.2. The predicted octanol–water partition coefficient (Wildman–Crippen LogP) is 3.24. The Kier molecular flexibility index (Phi) is 6.22. The van der Waals surface area contributed by atoms with Gasteiger partial charge in [-0.2, -0.15) is 5.10 Å². The van der Waals surface area contributed by atoms with Crippen molar-refractivity contribution in [1.29, 1.82) is 0 Å². The van der Waals surface area contributed by atoms with Gasteiger partial charge in [-0.25, -0.2) is 5.43 Å². The van der Waals surface area contributed by atoms with Crippen LogP contribution in [0.5, 0.6) is 11.5 Å². The number of nitrogens with one attached hydrogen (secondary N) is 2. The highest BCUT2D eigenvalue weighted by Crippen LogP contribution is 2.38. The summed E-state index contributed by atoms with van der Waals surface area (Å²) in [4.78, 5) is 37.3. The molecule has 2 amide bonds. The molecule has 0 saturated heterocycles. The number of anilines is 1. The lowest BCUT2D eigenvalue weighted by molar-refractivity contribution is -0.146. The number of carboxylic acids is 1. The highest BCUT2D eigenvalue weighted by molar-refractivity contribution is 7.12. The molecule has 0 saturated carbocycles. The topological polar surface area (TPSA) is 126 Å². The molecule has 2 aliphatic rings. The van der Waals surface area contributed by atoms with Gasteiger partial charge in [-0.3, -0.25) is 14.4 Å². The second-order valence-corrected chi connectivity index (χ2v) is 8.30. The van der Waals surface area contributed by atoms with Crippen LogP contribution in [-0.2, 0) is 9.59 Å². The number of carbonyl (C=O) groups is 3. The zero-order valence-corrected chi connectivity index (χ0v) is 18.0. The second-order valence-electron chi connectivity index (χ2n) is 7.35. The van der Waals surface area contributed by atoms with E-state index in [1.807, 2.05) is 6.08 Å². The number of rotatable bonds is 6.